The molecule has 6 heteroatoms. The van der Waals surface area contributed by atoms with Gasteiger partial charge in [0.15, 0.2) is 0 Å². The summed E-state index contributed by atoms with van der Waals surface area (Å²) in [6.45, 7) is 6.12. The van der Waals surface area contributed by atoms with E-state index in [0.717, 1.165) is 5.56 Å². The molecular weight excluding hydrogens is 220 g/mol. The summed E-state index contributed by atoms with van der Waals surface area (Å²) in [5, 5.41) is 6.72. The smallest absolute Gasteiger partial charge is 0.246 e. The molecule has 0 fully saturated rings. The molecule has 0 aliphatic carbocycles. The van der Waals surface area contributed by atoms with Crippen molar-refractivity contribution in [2.24, 2.45) is 7.05 Å². The van der Waals surface area contributed by atoms with Crippen LogP contribution in [0.15, 0.2) is 6.20 Å². The minimum atomic E-state index is -0.315. The van der Waals surface area contributed by atoms with Crippen molar-refractivity contribution in [3.8, 4) is 0 Å². The molecule has 1 heterocycles. The average molecular weight is 240 g/mol. The predicted octanol–water partition coefficient (Wildman–Crippen LogP) is 0.434. The van der Waals surface area contributed by atoms with Gasteiger partial charge >= 0.3 is 0 Å². The lowest BCUT2D eigenvalue weighted by atomic mass is 10.2. The Morgan fingerprint density at radius 3 is 2.71 bits per heavy atom. The number of rotatable bonds is 4. The molecule has 1 amide bonds. The Labute approximate surface area is 101 Å². The summed E-state index contributed by atoms with van der Waals surface area (Å²) < 4.78 is 6.91. The molecular formula is C11H20N4O2. The van der Waals surface area contributed by atoms with E-state index in [9.17, 15) is 4.79 Å². The molecule has 96 valence electrons. The first-order chi connectivity index (χ1) is 7.79. The van der Waals surface area contributed by atoms with Gasteiger partial charge < -0.3 is 15.8 Å². The van der Waals surface area contributed by atoms with Crippen LogP contribution >= 0.6 is 0 Å². The standard InChI is InChI=1S/C11H20N4O2/c1-11(2,3)17-7-9(16)13-5-8-6-14-15(4)10(8)12/h6H,5,7,12H2,1-4H3,(H,13,16). The molecule has 0 saturated heterocycles. The first-order valence-corrected chi connectivity index (χ1v) is 5.46. The fraction of sp³-hybridized carbons (Fsp3) is 0.636. The van der Waals surface area contributed by atoms with Crippen molar-refractivity contribution in [3.63, 3.8) is 0 Å². The van der Waals surface area contributed by atoms with E-state index < -0.39 is 0 Å². The van der Waals surface area contributed by atoms with Gasteiger partial charge in [-0.3, -0.25) is 9.48 Å². The number of hydrogen-bond acceptors (Lipinski definition) is 4. The lowest BCUT2D eigenvalue weighted by molar-refractivity contribution is -0.130. The number of nitrogen functional groups attached to an aromatic ring is 1. The number of ether oxygens (including phenoxy) is 1. The van der Waals surface area contributed by atoms with Crippen LogP contribution in [0.5, 0.6) is 0 Å². The largest absolute Gasteiger partial charge is 0.384 e. The van der Waals surface area contributed by atoms with Crippen molar-refractivity contribution in [1.82, 2.24) is 15.1 Å². The zero-order chi connectivity index (χ0) is 13.1. The second-order valence-electron chi connectivity index (χ2n) is 4.86. The van der Waals surface area contributed by atoms with E-state index in [0.29, 0.717) is 12.4 Å². The summed E-state index contributed by atoms with van der Waals surface area (Å²) in [5.41, 5.74) is 6.24. The highest BCUT2D eigenvalue weighted by atomic mass is 16.5. The number of carbonyl (C=O) groups excluding carboxylic acids is 1. The maximum atomic E-state index is 11.5. The molecule has 0 unspecified atom stereocenters. The van der Waals surface area contributed by atoms with E-state index in [1.165, 1.54) is 0 Å². The van der Waals surface area contributed by atoms with Crippen LogP contribution in [0.4, 0.5) is 5.82 Å². The van der Waals surface area contributed by atoms with Gasteiger partial charge in [-0.15, -0.1) is 0 Å². The Morgan fingerprint density at radius 2 is 2.24 bits per heavy atom. The van der Waals surface area contributed by atoms with Crippen LogP contribution in [0.25, 0.3) is 0 Å². The Kier molecular flexibility index (Phi) is 4.11. The first-order valence-electron chi connectivity index (χ1n) is 5.46. The van der Waals surface area contributed by atoms with Crippen LogP contribution in [-0.4, -0.2) is 27.9 Å². The van der Waals surface area contributed by atoms with Crippen molar-refractivity contribution < 1.29 is 9.53 Å². The average Bonchev–Trinajstić information content (AvgIpc) is 2.53. The second-order valence-corrected chi connectivity index (χ2v) is 4.86. The molecule has 0 saturated carbocycles. The quantitative estimate of drug-likeness (QED) is 0.799. The summed E-state index contributed by atoms with van der Waals surface area (Å²) in [4.78, 5) is 11.5. The molecule has 0 bridgehead atoms. The molecule has 1 aromatic heterocycles. The Bertz CT molecular complexity index is 393. The van der Waals surface area contributed by atoms with Gasteiger partial charge in [0, 0.05) is 19.2 Å². The van der Waals surface area contributed by atoms with Crippen molar-refractivity contribution >= 4 is 11.7 Å². The third-order valence-corrected chi connectivity index (χ3v) is 2.18. The minimum absolute atomic E-state index is 0.0453. The van der Waals surface area contributed by atoms with Crippen molar-refractivity contribution in [2.75, 3.05) is 12.3 Å². The van der Waals surface area contributed by atoms with E-state index >= 15 is 0 Å². The maximum absolute atomic E-state index is 11.5. The highest BCUT2D eigenvalue weighted by Gasteiger charge is 2.13. The Morgan fingerprint density at radius 1 is 1.59 bits per heavy atom. The molecule has 0 aliphatic rings. The normalized spacial score (nSPS) is 11.5. The first kappa shape index (κ1) is 13.5. The van der Waals surface area contributed by atoms with E-state index in [1.54, 1.807) is 17.9 Å². The SMILES string of the molecule is Cn1ncc(CNC(=O)COC(C)(C)C)c1N. The van der Waals surface area contributed by atoms with Crippen molar-refractivity contribution in [3.05, 3.63) is 11.8 Å². The summed E-state index contributed by atoms with van der Waals surface area (Å²) in [6, 6.07) is 0. The van der Waals surface area contributed by atoms with Crippen LogP contribution in [0.2, 0.25) is 0 Å². The fourth-order valence-corrected chi connectivity index (χ4v) is 1.16. The van der Waals surface area contributed by atoms with Gasteiger partial charge in [0.25, 0.3) is 0 Å². The Hall–Kier alpha value is -1.56. The number of carbonyl (C=O) groups is 1. The number of hydrogen-bond donors (Lipinski definition) is 2. The van der Waals surface area contributed by atoms with E-state index in [-0.39, 0.29) is 18.1 Å². The van der Waals surface area contributed by atoms with Crippen molar-refractivity contribution in [1.29, 1.82) is 0 Å². The van der Waals surface area contributed by atoms with Crippen LogP contribution in [0.3, 0.4) is 0 Å². The molecule has 0 atom stereocenters. The lowest BCUT2D eigenvalue weighted by Crippen LogP contribution is -2.31. The topological polar surface area (TPSA) is 82.2 Å². The number of anilines is 1. The molecule has 0 aromatic carbocycles. The van der Waals surface area contributed by atoms with Crippen molar-refractivity contribution in [2.45, 2.75) is 32.9 Å². The molecule has 6 nitrogen and oxygen atoms in total. The molecule has 0 aliphatic heterocycles. The van der Waals surface area contributed by atoms with Gasteiger partial charge in [0.2, 0.25) is 5.91 Å². The summed E-state index contributed by atoms with van der Waals surface area (Å²) in [7, 11) is 1.75. The molecule has 1 aromatic rings. The zero-order valence-electron chi connectivity index (χ0n) is 10.8. The second kappa shape index (κ2) is 5.18. The van der Waals surface area contributed by atoms with Gasteiger partial charge in [-0.2, -0.15) is 5.10 Å². The molecule has 0 radical (unpaired) electrons. The van der Waals surface area contributed by atoms with E-state index in [2.05, 4.69) is 10.4 Å². The number of nitrogens with two attached hydrogens (primary N) is 1. The molecule has 0 spiro atoms. The highest BCUT2D eigenvalue weighted by molar-refractivity contribution is 5.77. The predicted molar refractivity (Wildman–Crippen MR) is 65.2 cm³/mol. The van der Waals surface area contributed by atoms with Crippen LogP contribution in [-0.2, 0) is 23.1 Å². The minimum Gasteiger partial charge on any atom is -0.384 e. The third kappa shape index (κ3) is 4.44. The molecule has 1 rings (SSSR count). The van der Waals surface area contributed by atoms with Gasteiger partial charge in [0.05, 0.1) is 11.8 Å². The highest BCUT2D eigenvalue weighted by Crippen LogP contribution is 2.09. The molecule has 17 heavy (non-hydrogen) atoms. The van der Waals surface area contributed by atoms with Gasteiger partial charge in [-0.25, -0.2) is 0 Å². The van der Waals surface area contributed by atoms with Gasteiger partial charge in [-0.1, -0.05) is 0 Å². The summed E-state index contributed by atoms with van der Waals surface area (Å²) >= 11 is 0. The maximum Gasteiger partial charge on any atom is 0.246 e. The van der Waals surface area contributed by atoms with Crippen LogP contribution < -0.4 is 11.1 Å². The number of amides is 1. The summed E-state index contributed by atoms with van der Waals surface area (Å²) in [5.74, 6) is 0.394. The Balaban J connectivity index is 2.36. The van der Waals surface area contributed by atoms with E-state index in [4.69, 9.17) is 10.5 Å². The molecule has 3 N–H and O–H groups in total. The van der Waals surface area contributed by atoms with Crippen LogP contribution in [0, 0.1) is 0 Å². The third-order valence-electron chi connectivity index (χ3n) is 2.18. The monoisotopic (exact) mass is 240 g/mol. The fourth-order valence-electron chi connectivity index (χ4n) is 1.16. The number of nitrogens with zero attached hydrogens (tertiary/aromatic N) is 2. The van der Waals surface area contributed by atoms with Gasteiger partial charge in [0.1, 0.15) is 12.4 Å². The lowest BCUT2D eigenvalue weighted by Gasteiger charge is -2.18. The zero-order valence-corrected chi connectivity index (χ0v) is 10.8. The number of aromatic nitrogens is 2. The number of nitrogens with one attached hydrogen (secondary N) is 1. The summed E-state index contributed by atoms with van der Waals surface area (Å²) in [6.07, 6.45) is 1.64. The van der Waals surface area contributed by atoms with E-state index in [1.807, 2.05) is 20.8 Å². The number of aryl methyl sites for hydroxylation is 1. The van der Waals surface area contributed by atoms with Crippen LogP contribution in [0.1, 0.15) is 26.3 Å². The van der Waals surface area contributed by atoms with Gasteiger partial charge in [-0.05, 0) is 20.8 Å².